The predicted octanol–water partition coefficient (Wildman–Crippen LogP) is 3.41. The zero-order valence-electron chi connectivity index (χ0n) is 12.8. The van der Waals surface area contributed by atoms with E-state index in [1.807, 2.05) is 30.5 Å². The number of aromatic nitrogens is 1. The Balaban J connectivity index is 1.60. The van der Waals surface area contributed by atoms with E-state index in [0.29, 0.717) is 12.5 Å². The molecule has 116 valence electrons. The van der Waals surface area contributed by atoms with Crippen LogP contribution in [0.25, 0.3) is 0 Å². The van der Waals surface area contributed by atoms with Crippen LogP contribution in [0.15, 0.2) is 30.5 Å². The van der Waals surface area contributed by atoms with Gasteiger partial charge in [0.1, 0.15) is 5.01 Å². The van der Waals surface area contributed by atoms with Crippen molar-refractivity contribution in [3.05, 3.63) is 40.3 Å². The fraction of sp³-hybridized carbons (Fsp3) is 0.375. The summed E-state index contributed by atoms with van der Waals surface area (Å²) in [4.78, 5) is 19.1. The molecule has 0 spiro atoms. The summed E-state index contributed by atoms with van der Waals surface area (Å²) in [7, 11) is 0. The summed E-state index contributed by atoms with van der Waals surface area (Å²) in [6, 6.07) is 7.91. The monoisotopic (exact) mass is 316 g/mol. The van der Waals surface area contributed by atoms with Crippen molar-refractivity contribution in [1.29, 1.82) is 0 Å². The molecule has 2 amide bonds. The Kier molecular flexibility index (Phi) is 4.29. The zero-order valence-corrected chi connectivity index (χ0v) is 13.6. The summed E-state index contributed by atoms with van der Waals surface area (Å²) >= 11 is 1.75. The number of carbonyl (C=O) groups is 1. The summed E-state index contributed by atoms with van der Waals surface area (Å²) in [6.07, 6.45) is 1.96. The highest BCUT2D eigenvalue weighted by atomic mass is 32.1. The smallest absolute Gasteiger partial charge is 0.321 e. The summed E-state index contributed by atoms with van der Waals surface area (Å²) in [5.74, 6) is 0.525. The molecule has 1 aromatic heterocycles. The standard InChI is InChI=1S/C16H20N4OS/c1-11(2)14-9-19-15(22-14)10-18-12-3-5-13(6-4-12)20-8-7-17-16(20)21/h3-6,9,11,18H,7-8,10H2,1-2H3,(H,17,21). The van der Waals surface area contributed by atoms with E-state index in [1.54, 1.807) is 16.2 Å². The molecule has 22 heavy (non-hydrogen) atoms. The maximum atomic E-state index is 11.6. The Morgan fingerprint density at radius 2 is 2.14 bits per heavy atom. The lowest BCUT2D eigenvalue weighted by atomic mass is 10.2. The van der Waals surface area contributed by atoms with Gasteiger partial charge in [0.2, 0.25) is 0 Å². The van der Waals surface area contributed by atoms with Crippen molar-refractivity contribution >= 4 is 28.7 Å². The van der Waals surface area contributed by atoms with E-state index in [2.05, 4.69) is 29.5 Å². The molecule has 1 fully saturated rings. The number of thiazole rings is 1. The van der Waals surface area contributed by atoms with Crippen molar-refractivity contribution < 1.29 is 4.79 Å². The van der Waals surface area contributed by atoms with Gasteiger partial charge in [-0.05, 0) is 30.2 Å². The summed E-state index contributed by atoms with van der Waals surface area (Å²) in [5.41, 5.74) is 1.96. The number of hydrogen-bond donors (Lipinski definition) is 2. The number of hydrogen-bond acceptors (Lipinski definition) is 4. The SMILES string of the molecule is CC(C)c1cnc(CNc2ccc(N3CCNC3=O)cc2)s1. The number of nitrogens with zero attached hydrogens (tertiary/aromatic N) is 2. The van der Waals surface area contributed by atoms with E-state index in [1.165, 1.54) is 4.88 Å². The number of carbonyl (C=O) groups excluding carboxylic acids is 1. The quantitative estimate of drug-likeness (QED) is 0.889. The van der Waals surface area contributed by atoms with Crippen LogP contribution in [-0.2, 0) is 6.54 Å². The number of amides is 2. The maximum Gasteiger partial charge on any atom is 0.321 e. The van der Waals surface area contributed by atoms with Gasteiger partial charge in [-0.15, -0.1) is 11.3 Å². The average molecular weight is 316 g/mol. The third kappa shape index (κ3) is 3.22. The predicted molar refractivity (Wildman–Crippen MR) is 90.7 cm³/mol. The minimum atomic E-state index is -0.0234. The van der Waals surface area contributed by atoms with Crippen LogP contribution in [0, 0.1) is 0 Å². The van der Waals surface area contributed by atoms with Crippen LogP contribution < -0.4 is 15.5 Å². The molecular formula is C16H20N4OS. The van der Waals surface area contributed by atoms with Gasteiger partial charge in [0.25, 0.3) is 0 Å². The highest BCUT2D eigenvalue weighted by Gasteiger charge is 2.20. The first-order valence-corrected chi connectivity index (χ1v) is 8.29. The molecule has 1 aromatic carbocycles. The van der Waals surface area contributed by atoms with E-state index < -0.39 is 0 Å². The molecule has 0 atom stereocenters. The number of anilines is 2. The second-order valence-corrected chi connectivity index (χ2v) is 6.74. The average Bonchev–Trinajstić information content (AvgIpc) is 3.15. The lowest BCUT2D eigenvalue weighted by Crippen LogP contribution is -2.27. The molecule has 0 bridgehead atoms. The Morgan fingerprint density at radius 1 is 1.36 bits per heavy atom. The third-order valence-electron chi connectivity index (χ3n) is 3.62. The minimum absolute atomic E-state index is 0.0234. The van der Waals surface area contributed by atoms with Crippen LogP contribution in [-0.4, -0.2) is 24.1 Å². The van der Waals surface area contributed by atoms with Crippen molar-refractivity contribution in [3.63, 3.8) is 0 Å². The molecule has 5 nitrogen and oxygen atoms in total. The van der Waals surface area contributed by atoms with E-state index >= 15 is 0 Å². The highest BCUT2D eigenvalue weighted by Crippen LogP contribution is 2.23. The van der Waals surface area contributed by atoms with Gasteiger partial charge in [-0.1, -0.05) is 13.8 Å². The van der Waals surface area contributed by atoms with Crippen molar-refractivity contribution in [2.45, 2.75) is 26.3 Å². The Labute approximate surface area is 134 Å². The fourth-order valence-corrected chi connectivity index (χ4v) is 3.19. The van der Waals surface area contributed by atoms with Crippen molar-refractivity contribution in [2.75, 3.05) is 23.3 Å². The molecular weight excluding hydrogens is 296 g/mol. The van der Waals surface area contributed by atoms with E-state index in [-0.39, 0.29) is 6.03 Å². The molecule has 0 aliphatic carbocycles. The van der Waals surface area contributed by atoms with Gasteiger partial charge in [0, 0.05) is 35.5 Å². The molecule has 2 aromatic rings. The van der Waals surface area contributed by atoms with Crippen LogP contribution in [0.5, 0.6) is 0 Å². The van der Waals surface area contributed by atoms with E-state index in [9.17, 15) is 4.79 Å². The number of rotatable bonds is 5. The molecule has 0 radical (unpaired) electrons. The molecule has 3 rings (SSSR count). The topological polar surface area (TPSA) is 57.3 Å². The number of nitrogens with one attached hydrogen (secondary N) is 2. The Hall–Kier alpha value is -2.08. The van der Waals surface area contributed by atoms with Crippen molar-refractivity contribution in [3.8, 4) is 0 Å². The maximum absolute atomic E-state index is 11.6. The normalized spacial score (nSPS) is 14.5. The first-order chi connectivity index (χ1) is 10.6. The molecule has 0 unspecified atom stereocenters. The first-order valence-electron chi connectivity index (χ1n) is 7.47. The van der Waals surface area contributed by atoms with Crippen LogP contribution >= 0.6 is 11.3 Å². The Bertz CT molecular complexity index is 650. The molecule has 6 heteroatoms. The van der Waals surface area contributed by atoms with Gasteiger partial charge in [-0.25, -0.2) is 9.78 Å². The summed E-state index contributed by atoms with van der Waals surface area (Å²) < 4.78 is 0. The van der Waals surface area contributed by atoms with Gasteiger partial charge in [0.15, 0.2) is 0 Å². The van der Waals surface area contributed by atoms with Gasteiger partial charge in [-0.2, -0.15) is 0 Å². The van der Waals surface area contributed by atoms with Crippen LogP contribution in [0.3, 0.4) is 0 Å². The van der Waals surface area contributed by atoms with E-state index in [4.69, 9.17) is 0 Å². The second-order valence-electron chi connectivity index (χ2n) is 5.60. The van der Waals surface area contributed by atoms with E-state index in [0.717, 1.165) is 29.5 Å². The van der Waals surface area contributed by atoms with Crippen LogP contribution in [0.1, 0.15) is 29.7 Å². The first kappa shape index (κ1) is 14.8. The lowest BCUT2D eigenvalue weighted by molar-refractivity contribution is 0.252. The summed E-state index contributed by atoms with van der Waals surface area (Å²) in [5, 5.41) is 7.27. The van der Waals surface area contributed by atoms with Crippen LogP contribution in [0.2, 0.25) is 0 Å². The largest absolute Gasteiger partial charge is 0.379 e. The molecule has 2 N–H and O–H groups in total. The van der Waals surface area contributed by atoms with Gasteiger partial charge < -0.3 is 10.6 Å². The molecule has 1 saturated heterocycles. The second kappa shape index (κ2) is 6.36. The number of urea groups is 1. The zero-order chi connectivity index (χ0) is 15.5. The molecule has 0 saturated carbocycles. The van der Waals surface area contributed by atoms with Gasteiger partial charge in [-0.3, -0.25) is 4.90 Å². The third-order valence-corrected chi connectivity index (χ3v) is 4.92. The molecule has 1 aliphatic rings. The molecule has 1 aliphatic heterocycles. The fourth-order valence-electron chi connectivity index (χ4n) is 2.33. The van der Waals surface area contributed by atoms with Gasteiger partial charge >= 0.3 is 6.03 Å². The highest BCUT2D eigenvalue weighted by molar-refractivity contribution is 7.11. The number of benzene rings is 1. The summed E-state index contributed by atoms with van der Waals surface area (Å²) in [6.45, 7) is 6.51. The van der Waals surface area contributed by atoms with Crippen molar-refractivity contribution in [1.82, 2.24) is 10.3 Å². The van der Waals surface area contributed by atoms with Crippen LogP contribution in [0.4, 0.5) is 16.2 Å². The Morgan fingerprint density at radius 3 is 2.73 bits per heavy atom. The van der Waals surface area contributed by atoms with Gasteiger partial charge in [0.05, 0.1) is 6.54 Å². The lowest BCUT2D eigenvalue weighted by Gasteiger charge is -2.14. The minimum Gasteiger partial charge on any atom is -0.379 e. The van der Waals surface area contributed by atoms with Crippen molar-refractivity contribution in [2.24, 2.45) is 0 Å². The molecule has 2 heterocycles.